The SMILES string of the molecule is CCC(NC(=O)CNC(=O)c1ccco1)c1ncc[nH]1. The van der Waals surface area contributed by atoms with Crippen molar-refractivity contribution in [2.75, 3.05) is 6.54 Å². The van der Waals surface area contributed by atoms with E-state index in [-0.39, 0.29) is 24.3 Å². The quantitative estimate of drug-likeness (QED) is 0.732. The summed E-state index contributed by atoms with van der Waals surface area (Å²) < 4.78 is 4.93. The molecular formula is C13H16N4O3. The Hall–Kier alpha value is -2.57. The number of furan rings is 1. The standard InChI is InChI=1S/C13H16N4O3/c1-2-9(12-14-5-6-15-12)17-11(18)8-16-13(19)10-4-3-7-20-10/h3-7,9H,2,8H2,1H3,(H,14,15)(H,16,19)(H,17,18). The van der Waals surface area contributed by atoms with Crippen molar-refractivity contribution in [3.8, 4) is 0 Å². The van der Waals surface area contributed by atoms with Gasteiger partial charge in [-0.15, -0.1) is 0 Å². The summed E-state index contributed by atoms with van der Waals surface area (Å²) in [6.45, 7) is 1.83. The summed E-state index contributed by atoms with van der Waals surface area (Å²) in [5, 5.41) is 5.28. The first-order chi connectivity index (χ1) is 9.70. The molecule has 2 rings (SSSR count). The van der Waals surface area contributed by atoms with Crippen LogP contribution < -0.4 is 10.6 Å². The number of aromatic amines is 1. The van der Waals surface area contributed by atoms with Crippen LogP contribution in [0.3, 0.4) is 0 Å². The van der Waals surface area contributed by atoms with E-state index in [0.717, 1.165) is 0 Å². The summed E-state index contributed by atoms with van der Waals surface area (Å²) >= 11 is 0. The molecule has 7 heteroatoms. The third kappa shape index (κ3) is 3.47. The molecule has 2 heterocycles. The van der Waals surface area contributed by atoms with Gasteiger partial charge < -0.3 is 20.0 Å². The highest BCUT2D eigenvalue weighted by atomic mass is 16.3. The van der Waals surface area contributed by atoms with Crippen LogP contribution in [-0.2, 0) is 4.79 Å². The lowest BCUT2D eigenvalue weighted by molar-refractivity contribution is -0.121. The molecule has 2 aromatic rings. The van der Waals surface area contributed by atoms with E-state index in [1.54, 1.807) is 18.5 Å². The first-order valence-corrected chi connectivity index (χ1v) is 6.31. The summed E-state index contributed by atoms with van der Waals surface area (Å²) in [6, 6.07) is 2.95. The minimum atomic E-state index is -0.420. The largest absolute Gasteiger partial charge is 0.459 e. The van der Waals surface area contributed by atoms with E-state index < -0.39 is 5.91 Å². The van der Waals surface area contributed by atoms with Crippen molar-refractivity contribution in [3.05, 3.63) is 42.4 Å². The minimum Gasteiger partial charge on any atom is -0.459 e. The van der Waals surface area contributed by atoms with E-state index in [4.69, 9.17) is 4.42 Å². The number of nitrogens with one attached hydrogen (secondary N) is 3. The molecule has 0 fully saturated rings. The zero-order chi connectivity index (χ0) is 14.4. The molecule has 7 nitrogen and oxygen atoms in total. The van der Waals surface area contributed by atoms with Gasteiger partial charge in [-0.1, -0.05) is 6.92 Å². The Morgan fingerprint density at radius 1 is 1.50 bits per heavy atom. The van der Waals surface area contributed by atoms with Gasteiger partial charge in [0.15, 0.2) is 5.76 Å². The van der Waals surface area contributed by atoms with Crippen molar-refractivity contribution in [2.45, 2.75) is 19.4 Å². The molecule has 3 N–H and O–H groups in total. The Morgan fingerprint density at radius 2 is 2.35 bits per heavy atom. The molecule has 0 aliphatic rings. The van der Waals surface area contributed by atoms with Gasteiger partial charge in [0.25, 0.3) is 5.91 Å². The molecule has 0 bridgehead atoms. The normalized spacial score (nSPS) is 11.8. The highest BCUT2D eigenvalue weighted by Crippen LogP contribution is 2.10. The highest BCUT2D eigenvalue weighted by molar-refractivity contribution is 5.94. The van der Waals surface area contributed by atoms with E-state index in [0.29, 0.717) is 12.2 Å². The predicted molar refractivity (Wildman–Crippen MR) is 70.8 cm³/mol. The Balaban J connectivity index is 1.82. The van der Waals surface area contributed by atoms with Gasteiger partial charge in [0, 0.05) is 12.4 Å². The maximum atomic E-state index is 11.8. The van der Waals surface area contributed by atoms with Crippen LogP contribution in [0.1, 0.15) is 35.8 Å². The summed E-state index contributed by atoms with van der Waals surface area (Å²) in [6.07, 6.45) is 5.43. The number of nitrogens with zero attached hydrogens (tertiary/aromatic N) is 1. The van der Waals surface area contributed by atoms with Gasteiger partial charge in [-0.05, 0) is 18.6 Å². The summed E-state index contributed by atoms with van der Waals surface area (Å²) in [4.78, 5) is 30.4. The Labute approximate surface area is 115 Å². The van der Waals surface area contributed by atoms with E-state index >= 15 is 0 Å². The second-order valence-corrected chi connectivity index (χ2v) is 4.16. The first kappa shape index (κ1) is 13.9. The summed E-state index contributed by atoms with van der Waals surface area (Å²) in [7, 11) is 0. The number of hydrogen-bond donors (Lipinski definition) is 3. The Bertz CT molecular complexity index is 548. The van der Waals surface area contributed by atoms with Crippen LogP contribution in [0, 0.1) is 0 Å². The molecule has 0 aliphatic heterocycles. The number of hydrogen-bond acceptors (Lipinski definition) is 4. The highest BCUT2D eigenvalue weighted by Gasteiger charge is 2.16. The second-order valence-electron chi connectivity index (χ2n) is 4.16. The number of amides is 2. The maximum Gasteiger partial charge on any atom is 0.287 e. The fourth-order valence-electron chi connectivity index (χ4n) is 1.73. The smallest absolute Gasteiger partial charge is 0.287 e. The van der Waals surface area contributed by atoms with Gasteiger partial charge in [0.05, 0.1) is 18.8 Å². The fourth-order valence-corrected chi connectivity index (χ4v) is 1.73. The topological polar surface area (TPSA) is 100 Å². The molecule has 1 atom stereocenters. The number of aromatic nitrogens is 2. The van der Waals surface area contributed by atoms with Crippen LogP contribution in [0.25, 0.3) is 0 Å². The Morgan fingerprint density at radius 3 is 2.95 bits per heavy atom. The van der Waals surface area contributed by atoms with Crippen molar-refractivity contribution in [2.24, 2.45) is 0 Å². The molecule has 1 unspecified atom stereocenters. The van der Waals surface area contributed by atoms with Gasteiger partial charge in [0.1, 0.15) is 5.82 Å². The van der Waals surface area contributed by atoms with Gasteiger partial charge in [-0.25, -0.2) is 4.98 Å². The molecule has 106 valence electrons. The van der Waals surface area contributed by atoms with Gasteiger partial charge in [-0.2, -0.15) is 0 Å². The van der Waals surface area contributed by atoms with Crippen LogP contribution >= 0.6 is 0 Å². The van der Waals surface area contributed by atoms with Crippen molar-refractivity contribution < 1.29 is 14.0 Å². The van der Waals surface area contributed by atoms with Gasteiger partial charge in [0.2, 0.25) is 5.91 Å². The van der Waals surface area contributed by atoms with Gasteiger partial charge >= 0.3 is 0 Å². The van der Waals surface area contributed by atoms with Crippen LogP contribution in [0.2, 0.25) is 0 Å². The number of imidazole rings is 1. The predicted octanol–water partition coefficient (Wildman–Crippen LogP) is 1.000. The van der Waals surface area contributed by atoms with Crippen LogP contribution in [0.4, 0.5) is 0 Å². The third-order valence-corrected chi connectivity index (χ3v) is 2.75. The van der Waals surface area contributed by atoms with Crippen molar-refractivity contribution in [1.82, 2.24) is 20.6 Å². The lowest BCUT2D eigenvalue weighted by Gasteiger charge is -2.14. The fraction of sp³-hybridized carbons (Fsp3) is 0.308. The number of carbonyl (C=O) groups excluding carboxylic acids is 2. The molecule has 0 aliphatic carbocycles. The van der Waals surface area contributed by atoms with Crippen LogP contribution in [-0.4, -0.2) is 28.3 Å². The number of carbonyl (C=O) groups is 2. The van der Waals surface area contributed by atoms with E-state index in [2.05, 4.69) is 20.6 Å². The van der Waals surface area contributed by atoms with Gasteiger partial charge in [-0.3, -0.25) is 9.59 Å². The molecule has 0 aromatic carbocycles. The number of H-pyrrole nitrogens is 1. The van der Waals surface area contributed by atoms with E-state index in [1.807, 2.05) is 6.92 Å². The average molecular weight is 276 g/mol. The third-order valence-electron chi connectivity index (χ3n) is 2.75. The number of rotatable bonds is 6. The first-order valence-electron chi connectivity index (χ1n) is 6.31. The molecule has 20 heavy (non-hydrogen) atoms. The minimum absolute atomic E-state index is 0.114. The van der Waals surface area contributed by atoms with Crippen molar-refractivity contribution >= 4 is 11.8 Å². The maximum absolute atomic E-state index is 11.8. The Kier molecular flexibility index (Phi) is 4.54. The summed E-state index contributed by atoms with van der Waals surface area (Å²) in [5.41, 5.74) is 0. The van der Waals surface area contributed by atoms with Crippen molar-refractivity contribution in [3.63, 3.8) is 0 Å². The monoisotopic (exact) mass is 276 g/mol. The molecular weight excluding hydrogens is 260 g/mol. The van der Waals surface area contributed by atoms with Crippen molar-refractivity contribution in [1.29, 1.82) is 0 Å². The molecule has 2 aromatic heterocycles. The lowest BCUT2D eigenvalue weighted by atomic mass is 10.2. The molecule has 0 saturated heterocycles. The molecule has 2 amide bonds. The summed E-state index contributed by atoms with van der Waals surface area (Å²) in [5.74, 6) is 0.165. The van der Waals surface area contributed by atoms with E-state index in [9.17, 15) is 9.59 Å². The zero-order valence-corrected chi connectivity index (χ0v) is 11.1. The van der Waals surface area contributed by atoms with E-state index in [1.165, 1.54) is 12.3 Å². The van der Waals surface area contributed by atoms with Crippen LogP contribution in [0.5, 0.6) is 0 Å². The molecule has 0 spiro atoms. The van der Waals surface area contributed by atoms with Crippen LogP contribution in [0.15, 0.2) is 35.2 Å². The molecule has 0 saturated carbocycles. The lowest BCUT2D eigenvalue weighted by Crippen LogP contribution is -2.38. The average Bonchev–Trinajstić information content (AvgIpc) is 3.14. The molecule has 0 radical (unpaired) electrons. The zero-order valence-electron chi connectivity index (χ0n) is 11.1. The second kappa shape index (κ2) is 6.55.